The highest BCUT2D eigenvalue weighted by Crippen LogP contribution is 2.29. The number of morpholine rings is 1. The second kappa shape index (κ2) is 8.75. The number of nitrogens with zero attached hydrogens (tertiary/aromatic N) is 6. The number of amidine groups is 1. The van der Waals surface area contributed by atoms with E-state index in [2.05, 4.69) is 21.3 Å². The quantitative estimate of drug-likeness (QED) is 0.603. The van der Waals surface area contributed by atoms with E-state index in [4.69, 9.17) is 14.5 Å². The van der Waals surface area contributed by atoms with Gasteiger partial charge in [-0.3, -0.25) is 19.5 Å². The Hall–Kier alpha value is -2.98. The van der Waals surface area contributed by atoms with Crippen LogP contribution in [0.1, 0.15) is 6.92 Å². The van der Waals surface area contributed by atoms with Crippen LogP contribution in [-0.2, 0) is 9.53 Å². The van der Waals surface area contributed by atoms with Gasteiger partial charge in [0.25, 0.3) is 5.91 Å². The number of anilines is 1. The Labute approximate surface area is 193 Å². The first-order chi connectivity index (χ1) is 16.0. The lowest BCUT2D eigenvalue weighted by Gasteiger charge is -2.36. The van der Waals surface area contributed by atoms with Gasteiger partial charge < -0.3 is 9.47 Å². The highest BCUT2D eigenvalue weighted by Gasteiger charge is 2.55. The van der Waals surface area contributed by atoms with Gasteiger partial charge in [0, 0.05) is 39.1 Å². The van der Waals surface area contributed by atoms with E-state index in [0.29, 0.717) is 44.6 Å². The third-order valence-electron chi connectivity index (χ3n) is 6.76. The maximum atomic E-state index is 13.6. The van der Waals surface area contributed by atoms with Crippen LogP contribution in [0.4, 0.5) is 10.5 Å². The van der Waals surface area contributed by atoms with Crippen LogP contribution in [0.3, 0.4) is 0 Å². The summed E-state index contributed by atoms with van der Waals surface area (Å²) in [6.45, 7) is 7.70. The second-order valence-corrected chi connectivity index (χ2v) is 9.02. The van der Waals surface area contributed by atoms with Gasteiger partial charge in [-0.2, -0.15) is 0 Å². The van der Waals surface area contributed by atoms with Gasteiger partial charge >= 0.3 is 12.0 Å². The summed E-state index contributed by atoms with van der Waals surface area (Å²) in [5, 5.41) is 0. The molecule has 3 amide bonds. The molecule has 4 heterocycles. The van der Waals surface area contributed by atoms with E-state index in [1.54, 1.807) is 14.2 Å². The van der Waals surface area contributed by atoms with Gasteiger partial charge in [0.05, 0.1) is 33.4 Å². The number of ether oxygens (including phenoxy) is 2. The number of hydrogen-bond acceptors (Lipinski definition) is 7. The predicted octanol–water partition coefficient (Wildman–Crippen LogP) is 0.527. The first kappa shape index (κ1) is 21.8. The zero-order valence-corrected chi connectivity index (χ0v) is 19.4. The smallest absolute Gasteiger partial charge is 0.397 e. The Kier molecular flexibility index (Phi) is 5.79. The van der Waals surface area contributed by atoms with Gasteiger partial charge in [-0.25, -0.2) is 14.3 Å². The number of guanidine groups is 1. The van der Waals surface area contributed by atoms with Crippen LogP contribution in [0.2, 0.25) is 0 Å². The molecule has 0 aromatic heterocycles. The average Bonchev–Trinajstić information content (AvgIpc) is 3.22. The number of methoxy groups -OCH3 is 1. The highest BCUT2D eigenvalue weighted by atomic mass is 16.5. The molecule has 1 aromatic carbocycles. The van der Waals surface area contributed by atoms with Gasteiger partial charge in [0.15, 0.2) is 0 Å². The molecule has 2 atom stereocenters. The SMILES string of the molecule is COc1ccc(N2CC(C)C[N+]3=C2N=C2C3C(=O)N(CCN3CCOCC3)C(=O)N2C)cc1. The number of benzene rings is 1. The van der Waals surface area contributed by atoms with Crippen molar-refractivity contribution in [1.82, 2.24) is 14.7 Å². The van der Waals surface area contributed by atoms with Gasteiger partial charge in [0.2, 0.25) is 11.9 Å². The fourth-order valence-corrected chi connectivity index (χ4v) is 4.95. The molecule has 10 heteroatoms. The van der Waals surface area contributed by atoms with Crippen molar-refractivity contribution in [2.75, 3.05) is 71.5 Å². The van der Waals surface area contributed by atoms with Crippen molar-refractivity contribution >= 4 is 29.4 Å². The van der Waals surface area contributed by atoms with Crippen LogP contribution in [0.15, 0.2) is 29.3 Å². The van der Waals surface area contributed by atoms with Crippen LogP contribution in [-0.4, -0.2) is 116 Å². The summed E-state index contributed by atoms with van der Waals surface area (Å²) >= 11 is 0. The summed E-state index contributed by atoms with van der Waals surface area (Å²) in [7, 11) is 3.36. The number of rotatable bonds is 5. The van der Waals surface area contributed by atoms with Gasteiger partial charge in [-0.05, 0) is 24.3 Å². The molecule has 0 spiro atoms. The highest BCUT2D eigenvalue weighted by molar-refractivity contribution is 6.24. The Balaban J connectivity index is 1.42. The molecule has 0 radical (unpaired) electrons. The fourth-order valence-electron chi connectivity index (χ4n) is 4.95. The van der Waals surface area contributed by atoms with Crippen LogP contribution in [0.5, 0.6) is 5.75 Å². The third kappa shape index (κ3) is 3.87. The van der Waals surface area contributed by atoms with Crippen molar-refractivity contribution in [3.63, 3.8) is 0 Å². The zero-order valence-electron chi connectivity index (χ0n) is 19.4. The van der Waals surface area contributed by atoms with Crippen molar-refractivity contribution in [1.29, 1.82) is 0 Å². The summed E-state index contributed by atoms with van der Waals surface area (Å²) in [5.74, 6) is 2.15. The molecule has 33 heavy (non-hydrogen) atoms. The van der Waals surface area contributed by atoms with Crippen molar-refractivity contribution < 1.29 is 23.6 Å². The van der Waals surface area contributed by atoms with E-state index in [0.717, 1.165) is 37.0 Å². The maximum Gasteiger partial charge on any atom is 0.397 e. The fraction of sp³-hybridized carbons (Fsp3) is 0.565. The molecule has 2 fully saturated rings. The first-order valence-corrected chi connectivity index (χ1v) is 11.5. The molecule has 10 nitrogen and oxygen atoms in total. The van der Waals surface area contributed by atoms with E-state index in [-0.39, 0.29) is 11.9 Å². The summed E-state index contributed by atoms with van der Waals surface area (Å²) in [4.78, 5) is 38.8. The number of carbonyl (C=O) groups excluding carboxylic acids is 2. The van der Waals surface area contributed by atoms with Crippen molar-refractivity contribution in [3.05, 3.63) is 24.3 Å². The molecular formula is C23H31N6O4+. The standard InChI is InChI=1S/C23H31N6O4/c1-16-14-28(17-4-6-18(32-3)7-5-17)22-24-20-19(29(22)15-16)21(30)27(23(31)25(20)2)9-8-26-10-12-33-13-11-26/h4-7,16,19H,8-15H2,1-3H3/q+1. The molecule has 0 N–H and O–H groups in total. The third-order valence-corrected chi connectivity index (χ3v) is 6.76. The number of urea groups is 1. The van der Waals surface area contributed by atoms with Gasteiger partial charge in [-0.1, -0.05) is 11.9 Å². The average molecular weight is 456 g/mol. The van der Waals surface area contributed by atoms with Crippen LogP contribution in [0.25, 0.3) is 0 Å². The molecule has 1 aromatic rings. The lowest BCUT2D eigenvalue weighted by Crippen LogP contribution is -2.64. The number of aliphatic imine (C=N–C) groups is 1. The van der Waals surface area contributed by atoms with E-state index < -0.39 is 6.04 Å². The topological polar surface area (TPSA) is 80.9 Å². The van der Waals surface area contributed by atoms with Crippen LogP contribution < -0.4 is 9.64 Å². The van der Waals surface area contributed by atoms with Crippen LogP contribution in [0, 0.1) is 5.92 Å². The Morgan fingerprint density at radius 2 is 1.88 bits per heavy atom. The van der Waals surface area contributed by atoms with Crippen molar-refractivity contribution in [3.8, 4) is 5.75 Å². The number of carbonyl (C=O) groups is 2. The zero-order chi connectivity index (χ0) is 23.1. The largest absolute Gasteiger partial charge is 0.497 e. The molecule has 176 valence electrons. The molecule has 4 aliphatic heterocycles. The molecule has 2 unspecified atom stereocenters. The summed E-state index contributed by atoms with van der Waals surface area (Å²) in [5.41, 5.74) is 0.982. The van der Waals surface area contributed by atoms with E-state index >= 15 is 0 Å². The molecular weight excluding hydrogens is 424 g/mol. The Bertz CT molecular complexity index is 1000. The monoisotopic (exact) mass is 455 g/mol. The molecule has 4 aliphatic rings. The lowest BCUT2D eigenvalue weighted by atomic mass is 10.1. The molecule has 2 saturated heterocycles. The van der Waals surface area contributed by atoms with E-state index in [9.17, 15) is 9.59 Å². The maximum absolute atomic E-state index is 13.6. The number of imide groups is 1. The number of amides is 3. The minimum Gasteiger partial charge on any atom is -0.497 e. The molecule has 0 aliphatic carbocycles. The summed E-state index contributed by atoms with van der Waals surface area (Å²) in [6.07, 6.45) is 0. The normalized spacial score (nSPS) is 25.9. The molecule has 5 rings (SSSR count). The van der Waals surface area contributed by atoms with E-state index in [1.165, 1.54) is 9.80 Å². The number of hydrogen-bond donors (Lipinski definition) is 0. The van der Waals surface area contributed by atoms with Gasteiger partial charge in [-0.15, -0.1) is 0 Å². The predicted molar refractivity (Wildman–Crippen MR) is 123 cm³/mol. The lowest BCUT2D eigenvalue weighted by molar-refractivity contribution is -0.545. The number of fused-ring (bicyclic) bond motifs is 2. The minimum absolute atomic E-state index is 0.191. The summed E-state index contributed by atoms with van der Waals surface area (Å²) in [6, 6.07) is 6.94. The molecule has 0 bridgehead atoms. The van der Waals surface area contributed by atoms with E-state index in [1.807, 2.05) is 24.3 Å². The Morgan fingerprint density at radius 1 is 1.15 bits per heavy atom. The van der Waals surface area contributed by atoms with Crippen LogP contribution >= 0.6 is 0 Å². The Morgan fingerprint density at radius 3 is 2.58 bits per heavy atom. The second-order valence-electron chi connectivity index (χ2n) is 9.02. The van der Waals surface area contributed by atoms with Crippen molar-refractivity contribution in [2.45, 2.75) is 13.0 Å². The van der Waals surface area contributed by atoms with Crippen molar-refractivity contribution in [2.24, 2.45) is 10.9 Å². The number of likely N-dealkylation sites (N-methyl/N-ethyl adjacent to an activating group) is 1. The summed E-state index contributed by atoms with van der Waals surface area (Å²) < 4.78 is 12.8. The minimum atomic E-state index is -0.573. The first-order valence-electron chi connectivity index (χ1n) is 11.5. The molecule has 0 saturated carbocycles. The van der Waals surface area contributed by atoms with Gasteiger partial charge in [0.1, 0.15) is 11.4 Å².